The Balaban J connectivity index is 2.15. The van der Waals surface area contributed by atoms with Gasteiger partial charge in [-0.3, -0.25) is 4.31 Å². The number of carbonyl (C=O) groups is 1. The number of nitrogens with zero attached hydrogens (tertiary/aromatic N) is 1. The maximum atomic E-state index is 13.3. The maximum absolute atomic E-state index is 13.3. The Kier molecular flexibility index (Phi) is 5.85. The van der Waals surface area contributed by atoms with E-state index < -0.39 is 31.9 Å². The normalized spacial score (nSPS) is 16.6. The van der Waals surface area contributed by atoms with Gasteiger partial charge >= 0.3 is 5.97 Å². The van der Waals surface area contributed by atoms with E-state index in [0.717, 1.165) is 4.31 Å². The van der Waals surface area contributed by atoms with Crippen LogP contribution in [0.1, 0.15) is 13.8 Å². The van der Waals surface area contributed by atoms with Crippen molar-refractivity contribution in [1.82, 2.24) is 0 Å². The lowest BCUT2D eigenvalue weighted by molar-refractivity contribution is -0.151. The third-order valence-corrected chi connectivity index (χ3v) is 7.95. The SMILES string of the molecule is CCOC(=O)C1CN(S(=O)(=O)c2ccccc2)c2cc(S(=O)(=O)CC)ccc2O1. The van der Waals surface area contributed by atoms with Gasteiger partial charge in [-0.2, -0.15) is 0 Å². The zero-order valence-corrected chi connectivity index (χ0v) is 17.6. The van der Waals surface area contributed by atoms with E-state index in [9.17, 15) is 21.6 Å². The van der Waals surface area contributed by atoms with Crippen LogP contribution in [0.3, 0.4) is 0 Å². The van der Waals surface area contributed by atoms with E-state index in [1.54, 1.807) is 25.1 Å². The van der Waals surface area contributed by atoms with Gasteiger partial charge in [0.25, 0.3) is 10.0 Å². The summed E-state index contributed by atoms with van der Waals surface area (Å²) in [5.74, 6) is -0.746. The van der Waals surface area contributed by atoms with Crippen LogP contribution < -0.4 is 9.04 Å². The fourth-order valence-electron chi connectivity index (χ4n) is 2.90. The molecule has 0 aliphatic carbocycles. The van der Waals surface area contributed by atoms with Gasteiger partial charge in [0.05, 0.1) is 34.4 Å². The van der Waals surface area contributed by atoms with Crippen LogP contribution >= 0.6 is 0 Å². The number of hydrogen-bond acceptors (Lipinski definition) is 7. The molecule has 1 heterocycles. The first-order valence-corrected chi connectivity index (χ1v) is 12.1. The molecule has 2 aromatic carbocycles. The summed E-state index contributed by atoms with van der Waals surface area (Å²) in [5.41, 5.74) is 0.0592. The molecule has 0 spiro atoms. The molecule has 0 aromatic heterocycles. The lowest BCUT2D eigenvalue weighted by atomic mass is 10.2. The summed E-state index contributed by atoms with van der Waals surface area (Å²) >= 11 is 0. The van der Waals surface area contributed by atoms with Crippen LogP contribution in [0, 0.1) is 0 Å². The molecule has 10 heteroatoms. The van der Waals surface area contributed by atoms with Crippen molar-refractivity contribution in [3.8, 4) is 5.75 Å². The molecule has 1 aliphatic rings. The molecular formula is C19H21NO7S2. The van der Waals surface area contributed by atoms with Crippen molar-refractivity contribution in [2.24, 2.45) is 0 Å². The molecule has 2 aromatic rings. The Hall–Kier alpha value is -2.59. The molecule has 0 saturated heterocycles. The Morgan fingerprint density at radius 2 is 1.76 bits per heavy atom. The number of anilines is 1. The van der Waals surface area contributed by atoms with Crippen LogP contribution in [0.25, 0.3) is 0 Å². The van der Waals surface area contributed by atoms with Crippen LogP contribution in [0.15, 0.2) is 58.3 Å². The average molecular weight is 440 g/mol. The van der Waals surface area contributed by atoms with Gasteiger partial charge in [-0.1, -0.05) is 25.1 Å². The van der Waals surface area contributed by atoms with E-state index in [1.807, 2.05) is 0 Å². The Morgan fingerprint density at radius 1 is 1.07 bits per heavy atom. The third-order valence-electron chi connectivity index (χ3n) is 4.42. The summed E-state index contributed by atoms with van der Waals surface area (Å²) in [6.07, 6.45) is -1.17. The fraction of sp³-hybridized carbons (Fsp3) is 0.316. The van der Waals surface area contributed by atoms with E-state index in [-0.39, 0.29) is 40.1 Å². The molecule has 0 fully saturated rings. The highest BCUT2D eigenvalue weighted by Gasteiger charge is 2.38. The van der Waals surface area contributed by atoms with Crippen molar-refractivity contribution >= 4 is 31.5 Å². The molecule has 0 bridgehead atoms. The minimum absolute atomic E-state index is 0.0132. The van der Waals surface area contributed by atoms with Gasteiger partial charge in [0.15, 0.2) is 9.84 Å². The van der Waals surface area contributed by atoms with Crippen molar-refractivity contribution in [3.63, 3.8) is 0 Å². The summed E-state index contributed by atoms with van der Waals surface area (Å²) in [7, 11) is -7.65. The summed E-state index contributed by atoms with van der Waals surface area (Å²) in [5, 5.41) is 0. The highest BCUT2D eigenvalue weighted by Crippen LogP contribution is 2.39. The zero-order chi connectivity index (χ0) is 21.2. The second-order valence-corrected chi connectivity index (χ2v) is 10.4. The lowest BCUT2D eigenvalue weighted by Gasteiger charge is -2.34. The largest absolute Gasteiger partial charge is 0.475 e. The van der Waals surface area contributed by atoms with Gasteiger partial charge in [-0.25, -0.2) is 21.6 Å². The molecule has 8 nitrogen and oxygen atoms in total. The predicted octanol–water partition coefficient (Wildman–Crippen LogP) is 2.00. The minimum Gasteiger partial charge on any atom is -0.475 e. The molecular weight excluding hydrogens is 418 g/mol. The van der Waals surface area contributed by atoms with Gasteiger partial charge in [0.2, 0.25) is 6.10 Å². The van der Waals surface area contributed by atoms with E-state index in [1.165, 1.54) is 37.3 Å². The number of sulfonamides is 1. The van der Waals surface area contributed by atoms with E-state index in [0.29, 0.717) is 0 Å². The van der Waals surface area contributed by atoms with Gasteiger partial charge < -0.3 is 9.47 Å². The smallest absolute Gasteiger partial charge is 0.349 e. The molecule has 0 N–H and O–H groups in total. The predicted molar refractivity (Wildman–Crippen MR) is 106 cm³/mol. The van der Waals surface area contributed by atoms with Crippen molar-refractivity contribution < 1.29 is 31.1 Å². The second-order valence-electron chi connectivity index (χ2n) is 6.24. The summed E-state index contributed by atoms with van der Waals surface area (Å²) < 4.78 is 62.7. The first-order valence-electron chi connectivity index (χ1n) is 8.98. The number of sulfone groups is 1. The van der Waals surface area contributed by atoms with Gasteiger partial charge in [0.1, 0.15) is 5.75 Å². The van der Waals surface area contributed by atoms with Crippen LogP contribution in [-0.2, 0) is 29.4 Å². The summed E-state index contributed by atoms with van der Waals surface area (Å²) in [6.45, 7) is 2.92. The average Bonchev–Trinajstić information content (AvgIpc) is 2.73. The topological polar surface area (TPSA) is 107 Å². The van der Waals surface area contributed by atoms with Crippen LogP contribution in [0.2, 0.25) is 0 Å². The van der Waals surface area contributed by atoms with Crippen molar-refractivity contribution in [3.05, 3.63) is 48.5 Å². The van der Waals surface area contributed by atoms with E-state index in [2.05, 4.69) is 0 Å². The zero-order valence-electron chi connectivity index (χ0n) is 15.9. The molecule has 156 valence electrons. The van der Waals surface area contributed by atoms with Crippen molar-refractivity contribution in [2.45, 2.75) is 29.7 Å². The van der Waals surface area contributed by atoms with Crippen LogP contribution in [0.4, 0.5) is 5.69 Å². The number of esters is 1. The highest BCUT2D eigenvalue weighted by atomic mass is 32.2. The molecule has 0 saturated carbocycles. The fourth-order valence-corrected chi connectivity index (χ4v) is 5.29. The molecule has 29 heavy (non-hydrogen) atoms. The number of rotatable bonds is 6. The minimum atomic E-state index is -4.08. The van der Waals surface area contributed by atoms with Crippen LogP contribution in [-0.4, -0.2) is 47.8 Å². The van der Waals surface area contributed by atoms with Gasteiger partial charge in [-0.15, -0.1) is 0 Å². The summed E-state index contributed by atoms with van der Waals surface area (Å²) in [6, 6.07) is 11.6. The van der Waals surface area contributed by atoms with Gasteiger partial charge in [0, 0.05) is 0 Å². The number of ether oxygens (including phenoxy) is 2. The van der Waals surface area contributed by atoms with E-state index in [4.69, 9.17) is 9.47 Å². The first kappa shape index (κ1) is 21.1. The maximum Gasteiger partial charge on any atom is 0.349 e. The lowest BCUT2D eigenvalue weighted by Crippen LogP contribution is -2.47. The second kappa shape index (κ2) is 8.03. The Morgan fingerprint density at radius 3 is 2.38 bits per heavy atom. The highest BCUT2D eigenvalue weighted by molar-refractivity contribution is 7.93. The Bertz CT molecular complexity index is 1110. The molecule has 1 unspecified atom stereocenters. The number of fused-ring (bicyclic) bond motifs is 1. The number of carbonyl (C=O) groups excluding carboxylic acids is 1. The van der Waals surface area contributed by atoms with Crippen molar-refractivity contribution in [1.29, 1.82) is 0 Å². The van der Waals surface area contributed by atoms with Crippen LogP contribution in [0.5, 0.6) is 5.75 Å². The molecule has 1 atom stereocenters. The molecule has 0 radical (unpaired) electrons. The molecule has 3 rings (SSSR count). The van der Waals surface area contributed by atoms with E-state index >= 15 is 0 Å². The summed E-state index contributed by atoms with van der Waals surface area (Å²) in [4.78, 5) is 12.2. The molecule has 0 amide bonds. The first-order chi connectivity index (χ1) is 13.7. The monoisotopic (exact) mass is 439 g/mol. The molecule has 1 aliphatic heterocycles. The Labute approximate surface area is 170 Å². The van der Waals surface area contributed by atoms with Gasteiger partial charge in [-0.05, 0) is 37.3 Å². The number of hydrogen-bond donors (Lipinski definition) is 0. The quantitative estimate of drug-likeness (QED) is 0.634. The van der Waals surface area contributed by atoms with Crippen molar-refractivity contribution in [2.75, 3.05) is 23.2 Å². The third kappa shape index (κ3) is 4.08. The standard InChI is InChI=1S/C19H21NO7S2/c1-3-26-19(21)18-13-20(29(24,25)14-8-6-5-7-9-14)16-12-15(28(22,23)4-2)10-11-17(16)27-18/h5-12,18H,3-4,13H2,1-2H3. The number of benzene rings is 2.